The van der Waals surface area contributed by atoms with Crippen molar-refractivity contribution in [3.63, 3.8) is 0 Å². The van der Waals surface area contributed by atoms with E-state index in [0.29, 0.717) is 18.5 Å². The third-order valence-corrected chi connectivity index (χ3v) is 3.39. The number of amides is 2. The van der Waals surface area contributed by atoms with Crippen molar-refractivity contribution in [2.24, 2.45) is 0 Å². The van der Waals surface area contributed by atoms with Gasteiger partial charge in [0, 0.05) is 25.1 Å². The first-order valence-corrected chi connectivity index (χ1v) is 7.04. The first-order valence-electron chi connectivity index (χ1n) is 6.22. The summed E-state index contributed by atoms with van der Waals surface area (Å²) < 4.78 is 37.6. The van der Waals surface area contributed by atoms with Crippen LogP contribution in [0.25, 0.3) is 0 Å². The van der Waals surface area contributed by atoms with E-state index in [1.165, 1.54) is 24.1 Å². The van der Waals surface area contributed by atoms with Crippen molar-refractivity contribution >= 4 is 23.5 Å². The molecule has 0 saturated carbocycles. The van der Waals surface area contributed by atoms with Gasteiger partial charge >= 0.3 is 11.5 Å². The molecule has 1 rings (SSSR count). The van der Waals surface area contributed by atoms with E-state index in [9.17, 15) is 18.0 Å². The van der Waals surface area contributed by atoms with Gasteiger partial charge in [-0.05, 0) is 42.8 Å². The number of nitrogens with one attached hydrogen (secondary N) is 1. The lowest BCUT2D eigenvalue weighted by atomic mass is 10.2. The van der Waals surface area contributed by atoms with Crippen LogP contribution in [0.15, 0.2) is 23.1 Å². The fourth-order valence-electron chi connectivity index (χ4n) is 1.56. The molecular weight excluding hydrogens is 305 g/mol. The van der Waals surface area contributed by atoms with Crippen molar-refractivity contribution in [2.75, 3.05) is 25.5 Å². The van der Waals surface area contributed by atoms with Crippen molar-refractivity contribution in [3.05, 3.63) is 23.8 Å². The second-order valence-corrected chi connectivity index (χ2v) is 5.58. The second-order valence-electron chi connectivity index (χ2n) is 4.48. The van der Waals surface area contributed by atoms with E-state index in [0.717, 1.165) is 0 Å². The highest BCUT2D eigenvalue weighted by Crippen LogP contribution is 2.40. The number of halogens is 3. The van der Waals surface area contributed by atoms with Gasteiger partial charge in [-0.2, -0.15) is 13.2 Å². The summed E-state index contributed by atoms with van der Waals surface area (Å²) in [6, 6.07) is 3.93. The zero-order valence-electron chi connectivity index (χ0n) is 11.7. The van der Waals surface area contributed by atoms with Crippen molar-refractivity contribution in [1.82, 2.24) is 4.90 Å². The number of anilines is 1. The number of hydrogen-bond donors (Lipinski definition) is 2. The maximum atomic E-state index is 12.5. The quantitative estimate of drug-likeness (QED) is 0.816. The molecule has 0 unspecified atom stereocenters. The van der Waals surface area contributed by atoms with Crippen LogP contribution in [-0.2, 0) is 0 Å². The number of rotatable bonds is 5. The topological polar surface area (TPSA) is 52.6 Å². The normalized spacial score (nSPS) is 11.3. The van der Waals surface area contributed by atoms with Crippen LogP contribution in [0.1, 0.15) is 12.0 Å². The minimum Gasteiger partial charge on any atom is -0.396 e. The van der Waals surface area contributed by atoms with Crippen molar-refractivity contribution in [2.45, 2.75) is 23.7 Å². The lowest BCUT2D eigenvalue weighted by Crippen LogP contribution is -2.32. The summed E-state index contributed by atoms with van der Waals surface area (Å²) in [6.07, 6.45) is 0.405. The molecule has 0 heterocycles. The number of aryl methyl sites for hydroxylation is 1. The van der Waals surface area contributed by atoms with Gasteiger partial charge in [-0.25, -0.2) is 4.79 Å². The van der Waals surface area contributed by atoms with Gasteiger partial charge < -0.3 is 15.3 Å². The van der Waals surface area contributed by atoms with Crippen molar-refractivity contribution < 1.29 is 23.1 Å². The summed E-state index contributed by atoms with van der Waals surface area (Å²) in [7, 11) is 1.51. The lowest BCUT2D eigenvalue weighted by Gasteiger charge is -2.19. The summed E-state index contributed by atoms with van der Waals surface area (Å²) in [6.45, 7) is 1.94. The molecule has 1 aromatic carbocycles. The standard InChI is InChI=1S/C13H17F3N2O2S/c1-9-4-5-10(11(8-9)21-13(14,15)16)17-12(20)18(2)6-3-7-19/h4-5,8,19H,3,6-7H2,1-2H3,(H,17,20). The monoisotopic (exact) mass is 322 g/mol. The van der Waals surface area contributed by atoms with E-state index in [1.54, 1.807) is 13.0 Å². The SMILES string of the molecule is Cc1ccc(NC(=O)N(C)CCCO)c(SC(F)(F)F)c1. The first kappa shape index (κ1) is 17.6. The molecule has 0 spiro atoms. The van der Waals surface area contributed by atoms with E-state index < -0.39 is 11.5 Å². The van der Waals surface area contributed by atoms with Crippen LogP contribution in [0.3, 0.4) is 0 Å². The van der Waals surface area contributed by atoms with Gasteiger partial charge in [0.25, 0.3) is 0 Å². The zero-order chi connectivity index (χ0) is 16.0. The largest absolute Gasteiger partial charge is 0.446 e. The molecule has 21 heavy (non-hydrogen) atoms. The molecule has 1 aromatic rings. The molecule has 0 aliphatic heterocycles. The molecule has 0 atom stereocenters. The number of aliphatic hydroxyl groups excluding tert-OH is 1. The molecule has 0 aromatic heterocycles. The fourth-order valence-corrected chi connectivity index (χ4v) is 2.29. The molecule has 0 aliphatic carbocycles. The first-order chi connectivity index (χ1) is 9.73. The Bertz CT molecular complexity index is 495. The van der Waals surface area contributed by atoms with Crippen molar-refractivity contribution in [3.8, 4) is 0 Å². The Kier molecular flexibility index (Phi) is 6.35. The Hall–Kier alpha value is -1.41. The van der Waals surface area contributed by atoms with Gasteiger partial charge in [0.15, 0.2) is 0 Å². The van der Waals surface area contributed by atoms with Crippen LogP contribution < -0.4 is 5.32 Å². The maximum Gasteiger partial charge on any atom is 0.446 e. The molecule has 8 heteroatoms. The number of carbonyl (C=O) groups is 1. The van der Waals surface area contributed by atoms with Crippen LogP contribution in [0.2, 0.25) is 0 Å². The number of urea groups is 1. The number of thioether (sulfide) groups is 1. The van der Waals surface area contributed by atoms with E-state index in [2.05, 4.69) is 5.32 Å². The van der Waals surface area contributed by atoms with E-state index in [1.807, 2.05) is 0 Å². The summed E-state index contributed by atoms with van der Waals surface area (Å²) in [5.41, 5.74) is -3.63. The van der Waals surface area contributed by atoms with Gasteiger partial charge in [-0.1, -0.05) is 6.07 Å². The Morgan fingerprint density at radius 2 is 2.10 bits per heavy atom. The fraction of sp³-hybridized carbons (Fsp3) is 0.462. The van der Waals surface area contributed by atoms with Gasteiger partial charge in [-0.3, -0.25) is 0 Å². The smallest absolute Gasteiger partial charge is 0.396 e. The number of aliphatic hydroxyl groups is 1. The molecule has 0 fully saturated rings. The van der Waals surface area contributed by atoms with E-state index in [4.69, 9.17) is 5.11 Å². The Balaban J connectivity index is 2.85. The van der Waals surface area contributed by atoms with Crippen LogP contribution in [0.4, 0.5) is 23.7 Å². The highest BCUT2D eigenvalue weighted by atomic mass is 32.2. The highest BCUT2D eigenvalue weighted by Gasteiger charge is 2.30. The highest BCUT2D eigenvalue weighted by molar-refractivity contribution is 8.00. The summed E-state index contributed by atoms with van der Waals surface area (Å²) in [5, 5.41) is 11.2. The maximum absolute atomic E-state index is 12.5. The lowest BCUT2D eigenvalue weighted by molar-refractivity contribution is -0.0328. The number of alkyl halides is 3. The third kappa shape index (κ3) is 6.26. The Morgan fingerprint density at radius 1 is 1.43 bits per heavy atom. The molecule has 2 N–H and O–H groups in total. The molecule has 118 valence electrons. The minimum absolute atomic E-state index is 0.0496. The van der Waals surface area contributed by atoms with Gasteiger partial charge in [-0.15, -0.1) is 0 Å². The van der Waals surface area contributed by atoms with Gasteiger partial charge in [0.1, 0.15) is 0 Å². The van der Waals surface area contributed by atoms with E-state index in [-0.39, 0.29) is 29.0 Å². The van der Waals surface area contributed by atoms with Gasteiger partial charge in [0.05, 0.1) is 5.69 Å². The molecule has 0 saturated heterocycles. The molecule has 0 aliphatic rings. The third-order valence-electron chi connectivity index (χ3n) is 2.60. The van der Waals surface area contributed by atoms with Crippen LogP contribution in [-0.4, -0.2) is 41.7 Å². The summed E-state index contributed by atoms with van der Waals surface area (Å²) >= 11 is -0.260. The van der Waals surface area contributed by atoms with Gasteiger partial charge in [0.2, 0.25) is 0 Å². The zero-order valence-corrected chi connectivity index (χ0v) is 12.5. The summed E-state index contributed by atoms with van der Waals surface area (Å²) in [5.74, 6) is 0. The number of benzene rings is 1. The van der Waals surface area contributed by atoms with E-state index >= 15 is 0 Å². The number of nitrogens with zero attached hydrogens (tertiary/aromatic N) is 1. The average Bonchev–Trinajstić information content (AvgIpc) is 2.37. The average molecular weight is 322 g/mol. The van der Waals surface area contributed by atoms with Crippen LogP contribution >= 0.6 is 11.8 Å². The summed E-state index contributed by atoms with van der Waals surface area (Å²) in [4.78, 5) is 13.1. The van der Waals surface area contributed by atoms with Crippen LogP contribution in [0.5, 0.6) is 0 Å². The minimum atomic E-state index is -4.42. The van der Waals surface area contributed by atoms with Crippen LogP contribution in [0, 0.1) is 6.92 Å². The number of hydrogen-bond acceptors (Lipinski definition) is 3. The Labute approximate surface area is 125 Å². The predicted octanol–water partition coefficient (Wildman–Crippen LogP) is 3.45. The molecule has 2 amide bonds. The molecule has 4 nitrogen and oxygen atoms in total. The Morgan fingerprint density at radius 3 is 2.67 bits per heavy atom. The molecular formula is C13H17F3N2O2S. The molecule has 0 bridgehead atoms. The predicted molar refractivity (Wildman–Crippen MR) is 76.4 cm³/mol. The second kappa shape index (κ2) is 7.56. The van der Waals surface area contributed by atoms with Crippen molar-refractivity contribution in [1.29, 1.82) is 0 Å². The molecule has 0 radical (unpaired) electrons. The number of carbonyl (C=O) groups excluding carboxylic acids is 1.